The number of aromatic nitrogens is 1. The van der Waals surface area contributed by atoms with E-state index in [0.29, 0.717) is 44.9 Å². The number of carbonyl (C=O) groups is 2. The smallest absolute Gasteiger partial charge is 0.307 e. The SMILES string of the molecule is C=CCc1c(CC(=O)O)c2cc(OC)ccc2n1C(=O)c1ccccc1Cl. The lowest BCUT2D eigenvalue weighted by molar-refractivity contribution is -0.136. The predicted molar refractivity (Wildman–Crippen MR) is 105 cm³/mol. The molecule has 6 heteroatoms. The van der Waals surface area contributed by atoms with Gasteiger partial charge in [-0.2, -0.15) is 0 Å². The van der Waals surface area contributed by atoms with E-state index in [1.165, 1.54) is 11.7 Å². The van der Waals surface area contributed by atoms with Crippen molar-refractivity contribution in [3.8, 4) is 5.75 Å². The lowest BCUT2D eigenvalue weighted by atomic mass is 10.1. The zero-order chi connectivity index (χ0) is 19.6. The molecule has 1 N–H and O–H groups in total. The van der Waals surface area contributed by atoms with E-state index >= 15 is 0 Å². The molecule has 0 aliphatic carbocycles. The number of rotatable bonds is 6. The molecule has 5 nitrogen and oxygen atoms in total. The second kappa shape index (κ2) is 7.68. The van der Waals surface area contributed by atoms with Gasteiger partial charge >= 0.3 is 5.97 Å². The van der Waals surface area contributed by atoms with Crippen molar-refractivity contribution in [2.24, 2.45) is 0 Å². The molecule has 0 amide bonds. The van der Waals surface area contributed by atoms with Gasteiger partial charge < -0.3 is 9.84 Å². The number of halogens is 1. The van der Waals surface area contributed by atoms with Gasteiger partial charge in [0.2, 0.25) is 0 Å². The molecule has 27 heavy (non-hydrogen) atoms. The number of fused-ring (bicyclic) bond motifs is 1. The molecule has 1 aromatic heterocycles. The van der Waals surface area contributed by atoms with Gasteiger partial charge in [0.25, 0.3) is 5.91 Å². The molecule has 0 saturated heterocycles. The molecule has 0 radical (unpaired) electrons. The Morgan fingerprint density at radius 2 is 2.00 bits per heavy atom. The quantitative estimate of drug-likeness (QED) is 0.642. The van der Waals surface area contributed by atoms with Gasteiger partial charge in [0.05, 0.1) is 29.6 Å². The Hall–Kier alpha value is -3.05. The van der Waals surface area contributed by atoms with Gasteiger partial charge in [-0.3, -0.25) is 14.2 Å². The maximum Gasteiger partial charge on any atom is 0.307 e. The molecule has 0 atom stereocenters. The molecule has 3 aromatic rings. The van der Waals surface area contributed by atoms with Gasteiger partial charge in [0.1, 0.15) is 5.75 Å². The van der Waals surface area contributed by atoms with Crippen LogP contribution in [0.15, 0.2) is 55.1 Å². The largest absolute Gasteiger partial charge is 0.497 e. The van der Waals surface area contributed by atoms with E-state index in [2.05, 4.69) is 6.58 Å². The lowest BCUT2D eigenvalue weighted by Crippen LogP contribution is -2.16. The summed E-state index contributed by atoms with van der Waals surface area (Å²) in [5, 5.41) is 10.4. The number of allylic oxidation sites excluding steroid dienone is 1. The molecule has 0 aliphatic heterocycles. The number of benzene rings is 2. The van der Waals surface area contributed by atoms with Crippen LogP contribution in [0.3, 0.4) is 0 Å². The highest BCUT2D eigenvalue weighted by Gasteiger charge is 2.24. The molecular formula is C21H18ClNO4. The van der Waals surface area contributed by atoms with Crippen LogP contribution in [0.25, 0.3) is 10.9 Å². The first-order chi connectivity index (χ1) is 13.0. The molecule has 0 unspecified atom stereocenters. The van der Waals surface area contributed by atoms with Crippen LogP contribution in [0.5, 0.6) is 5.75 Å². The van der Waals surface area contributed by atoms with Gasteiger partial charge in [-0.05, 0) is 35.9 Å². The average Bonchev–Trinajstić information content (AvgIpc) is 2.94. The Balaban J connectivity index is 2.34. The third-order valence-corrected chi connectivity index (χ3v) is 4.69. The van der Waals surface area contributed by atoms with Crippen LogP contribution in [-0.4, -0.2) is 28.7 Å². The van der Waals surface area contributed by atoms with Gasteiger partial charge in [0, 0.05) is 17.5 Å². The minimum Gasteiger partial charge on any atom is -0.497 e. The third-order valence-electron chi connectivity index (χ3n) is 4.36. The van der Waals surface area contributed by atoms with E-state index in [0.717, 1.165) is 0 Å². The summed E-state index contributed by atoms with van der Waals surface area (Å²) >= 11 is 6.22. The maximum absolute atomic E-state index is 13.3. The van der Waals surface area contributed by atoms with Crippen molar-refractivity contribution in [2.45, 2.75) is 12.8 Å². The van der Waals surface area contributed by atoms with Crippen LogP contribution in [0.4, 0.5) is 0 Å². The average molecular weight is 384 g/mol. The van der Waals surface area contributed by atoms with Crippen LogP contribution in [0, 0.1) is 0 Å². The maximum atomic E-state index is 13.3. The van der Waals surface area contributed by atoms with Crippen molar-refractivity contribution >= 4 is 34.4 Å². The lowest BCUT2D eigenvalue weighted by Gasteiger charge is -2.11. The third kappa shape index (κ3) is 3.46. The van der Waals surface area contributed by atoms with Crippen molar-refractivity contribution in [3.63, 3.8) is 0 Å². The first kappa shape index (κ1) is 18.7. The van der Waals surface area contributed by atoms with E-state index in [4.69, 9.17) is 16.3 Å². The van der Waals surface area contributed by atoms with E-state index in [9.17, 15) is 14.7 Å². The molecule has 0 bridgehead atoms. The van der Waals surface area contributed by atoms with Crippen LogP contribution < -0.4 is 4.74 Å². The molecule has 0 aliphatic rings. The Morgan fingerprint density at radius 1 is 1.26 bits per heavy atom. The fourth-order valence-corrected chi connectivity index (χ4v) is 3.42. The van der Waals surface area contributed by atoms with E-state index in [1.807, 2.05) is 0 Å². The Labute approximate surface area is 161 Å². The van der Waals surface area contributed by atoms with Crippen molar-refractivity contribution in [1.82, 2.24) is 4.57 Å². The zero-order valence-electron chi connectivity index (χ0n) is 14.7. The monoisotopic (exact) mass is 383 g/mol. The van der Waals surface area contributed by atoms with E-state index < -0.39 is 5.97 Å². The summed E-state index contributed by atoms with van der Waals surface area (Å²) in [6, 6.07) is 12.0. The fourth-order valence-electron chi connectivity index (χ4n) is 3.20. The molecule has 1 heterocycles. The highest BCUT2D eigenvalue weighted by molar-refractivity contribution is 6.34. The summed E-state index contributed by atoms with van der Waals surface area (Å²) in [6.07, 6.45) is 1.78. The standard InChI is InChI=1S/C21H18ClNO4/c1-3-6-18-16(12-20(24)25)15-11-13(27-2)9-10-19(15)23(18)21(26)14-7-4-5-8-17(14)22/h3-5,7-11H,1,6,12H2,2H3,(H,24,25). The molecular weight excluding hydrogens is 366 g/mol. The minimum atomic E-state index is -0.979. The molecule has 3 rings (SSSR count). The first-order valence-electron chi connectivity index (χ1n) is 8.30. The predicted octanol–water partition coefficient (Wildman–Crippen LogP) is 4.35. The number of ether oxygens (including phenoxy) is 1. The number of hydrogen-bond donors (Lipinski definition) is 1. The highest BCUT2D eigenvalue weighted by Crippen LogP contribution is 2.32. The topological polar surface area (TPSA) is 68.5 Å². The van der Waals surface area contributed by atoms with Gasteiger partial charge in [-0.15, -0.1) is 6.58 Å². The van der Waals surface area contributed by atoms with Crippen molar-refractivity contribution in [2.75, 3.05) is 7.11 Å². The summed E-state index contributed by atoms with van der Waals surface area (Å²) in [4.78, 5) is 24.8. The summed E-state index contributed by atoms with van der Waals surface area (Å²) in [5.41, 5.74) is 2.10. The van der Waals surface area contributed by atoms with Crippen molar-refractivity contribution in [3.05, 3.63) is 77.0 Å². The minimum absolute atomic E-state index is 0.213. The first-order valence-corrected chi connectivity index (χ1v) is 8.67. The second-order valence-electron chi connectivity index (χ2n) is 5.99. The molecule has 0 fully saturated rings. The number of carboxylic acids is 1. The van der Waals surface area contributed by atoms with Crippen LogP contribution >= 0.6 is 11.6 Å². The number of nitrogens with zero attached hydrogens (tertiary/aromatic N) is 1. The van der Waals surface area contributed by atoms with E-state index in [-0.39, 0.29) is 12.3 Å². The van der Waals surface area contributed by atoms with Gasteiger partial charge in [0.15, 0.2) is 0 Å². The fraction of sp³-hybridized carbons (Fsp3) is 0.143. The summed E-state index contributed by atoms with van der Waals surface area (Å²) in [5.74, 6) is -0.710. The zero-order valence-corrected chi connectivity index (χ0v) is 15.5. The Bertz CT molecular complexity index is 1050. The summed E-state index contributed by atoms with van der Waals surface area (Å²) in [7, 11) is 1.54. The number of methoxy groups -OCH3 is 1. The number of carbonyl (C=O) groups excluding carboxylic acids is 1. The normalized spacial score (nSPS) is 10.7. The molecule has 138 valence electrons. The van der Waals surface area contributed by atoms with Crippen molar-refractivity contribution in [1.29, 1.82) is 0 Å². The second-order valence-corrected chi connectivity index (χ2v) is 6.40. The van der Waals surface area contributed by atoms with Gasteiger partial charge in [-0.1, -0.05) is 29.8 Å². The summed E-state index contributed by atoms with van der Waals surface area (Å²) < 4.78 is 6.80. The Kier molecular flexibility index (Phi) is 5.33. The Morgan fingerprint density at radius 3 is 2.63 bits per heavy atom. The van der Waals surface area contributed by atoms with E-state index in [1.54, 1.807) is 48.5 Å². The molecule has 2 aromatic carbocycles. The van der Waals surface area contributed by atoms with Crippen molar-refractivity contribution < 1.29 is 19.4 Å². The highest BCUT2D eigenvalue weighted by atomic mass is 35.5. The number of carboxylic acid groups (broad SMARTS) is 1. The molecule has 0 saturated carbocycles. The van der Waals surface area contributed by atoms with Gasteiger partial charge in [-0.25, -0.2) is 0 Å². The van der Waals surface area contributed by atoms with Crippen LogP contribution in [-0.2, 0) is 17.6 Å². The molecule has 0 spiro atoms. The van der Waals surface area contributed by atoms with Crippen LogP contribution in [0.2, 0.25) is 5.02 Å². The summed E-state index contributed by atoms with van der Waals surface area (Å²) in [6.45, 7) is 3.75. The number of hydrogen-bond acceptors (Lipinski definition) is 3. The van der Waals surface area contributed by atoms with Crippen LogP contribution in [0.1, 0.15) is 21.6 Å². The number of aliphatic carboxylic acids is 1.